The summed E-state index contributed by atoms with van der Waals surface area (Å²) in [5, 5.41) is 6.71. The SMILES string of the molecule is CCNCc1cccc(Cl)c1OCC(=O)NC(CC)CC. The van der Waals surface area contributed by atoms with Crippen molar-refractivity contribution in [3.63, 3.8) is 0 Å². The summed E-state index contributed by atoms with van der Waals surface area (Å²) in [6.07, 6.45) is 1.83. The molecule has 0 aromatic heterocycles. The van der Waals surface area contributed by atoms with Crippen LogP contribution in [0.2, 0.25) is 5.02 Å². The normalized spacial score (nSPS) is 10.7. The van der Waals surface area contributed by atoms with Gasteiger partial charge in [-0.2, -0.15) is 0 Å². The molecule has 1 aromatic carbocycles. The summed E-state index contributed by atoms with van der Waals surface area (Å²) in [6, 6.07) is 5.80. The summed E-state index contributed by atoms with van der Waals surface area (Å²) < 4.78 is 5.63. The highest BCUT2D eigenvalue weighted by atomic mass is 35.5. The van der Waals surface area contributed by atoms with Crippen molar-refractivity contribution in [2.24, 2.45) is 0 Å². The number of amides is 1. The van der Waals surface area contributed by atoms with Crippen molar-refractivity contribution in [1.82, 2.24) is 10.6 Å². The molecule has 1 aromatic rings. The zero-order chi connectivity index (χ0) is 15.7. The van der Waals surface area contributed by atoms with E-state index in [4.69, 9.17) is 16.3 Å². The Labute approximate surface area is 132 Å². The third kappa shape index (κ3) is 5.94. The first-order chi connectivity index (χ1) is 10.1. The van der Waals surface area contributed by atoms with Gasteiger partial charge in [-0.25, -0.2) is 0 Å². The Morgan fingerprint density at radius 1 is 1.29 bits per heavy atom. The number of benzene rings is 1. The molecule has 118 valence electrons. The van der Waals surface area contributed by atoms with Gasteiger partial charge in [-0.15, -0.1) is 0 Å². The van der Waals surface area contributed by atoms with Crippen LogP contribution in [0.4, 0.5) is 0 Å². The van der Waals surface area contributed by atoms with Crippen LogP contribution in [0.15, 0.2) is 18.2 Å². The second-order valence-electron chi connectivity index (χ2n) is 4.88. The topological polar surface area (TPSA) is 50.4 Å². The average Bonchev–Trinajstić information content (AvgIpc) is 2.49. The minimum absolute atomic E-state index is 0.0145. The van der Waals surface area contributed by atoms with E-state index in [2.05, 4.69) is 24.5 Å². The number of hydrogen-bond donors (Lipinski definition) is 2. The molecule has 0 radical (unpaired) electrons. The Morgan fingerprint density at radius 2 is 2.00 bits per heavy atom. The molecule has 1 rings (SSSR count). The van der Waals surface area contributed by atoms with E-state index in [0.29, 0.717) is 17.3 Å². The van der Waals surface area contributed by atoms with Crippen molar-refractivity contribution in [3.8, 4) is 5.75 Å². The Balaban J connectivity index is 2.63. The summed E-state index contributed by atoms with van der Waals surface area (Å²) >= 11 is 6.17. The van der Waals surface area contributed by atoms with Gasteiger partial charge < -0.3 is 15.4 Å². The molecule has 0 atom stereocenters. The highest BCUT2D eigenvalue weighted by Crippen LogP contribution is 2.28. The first-order valence-electron chi connectivity index (χ1n) is 7.52. The quantitative estimate of drug-likeness (QED) is 0.736. The second kappa shape index (κ2) is 9.64. The van der Waals surface area contributed by atoms with E-state index >= 15 is 0 Å². The van der Waals surface area contributed by atoms with E-state index in [1.54, 1.807) is 6.07 Å². The van der Waals surface area contributed by atoms with E-state index in [-0.39, 0.29) is 18.6 Å². The molecule has 0 aliphatic rings. The molecule has 0 aliphatic carbocycles. The van der Waals surface area contributed by atoms with Crippen molar-refractivity contribution in [1.29, 1.82) is 0 Å². The molecule has 0 bridgehead atoms. The van der Waals surface area contributed by atoms with Crippen LogP contribution < -0.4 is 15.4 Å². The van der Waals surface area contributed by atoms with Crippen LogP contribution in [0.25, 0.3) is 0 Å². The lowest BCUT2D eigenvalue weighted by atomic mass is 10.2. The average molecular weight is 313 g/mol. The van der Waals surface area contributed by atoms with Gasteiger partial charge in [-0.05, 0) is 25.5 Å². The van der Waals surface area contributed by atoms with Crippen molar-refractivity contribution in [2.45, 2.75) is 46.2 Å². The Hall–Kier alpha value is -1.26. The van der Waals surface area contributed by atoms with Crippen LogP contribution in [0.5, 0.6) is 5.75 Å². The lowest BCUT2D eigenvalue weighted by Crippen LogP contribution is -2.37. The fraction of sp³-hybridized carbons (Fsp3) is 0.562. The van der Waals surface area contributed by atoms with Crippen LogP contribution >= 0.6 is 11.6 Å². The fourth-order valence-corrected chi connectivity index (χ4v) is 2.26. The minimum atomic E-state index is -0.113. The predicted molar refractivity (Wildman–Crippen MR) is 86.8 cm³/mol. The van der Waals surface area contributed by atoms with Crippen molar-refractivity contribution in [3.05, 3.63) is 28.8 Å². The molecule has 0 fully saturated rings. The van der Waals surface area contributed by atoms with Crippen LogP contribution in [-0.2, 0) is 11.3 Å². The number of para-hydroxylation sites is 1. The zero-order valence-electron chi connectivity index (χ0n) is 13.0. The number of rotatable bonds is 9. The highest BCUT2D eigenvalue weighted by molar-refractivity contribution is 6.32. The largest absolute Gasteiger partial charge is 0.482 e. The Morgan fingerprint density at radius 3 is 2.62 bits per heavy atom. The van der Waals surface area contributed by atoms with Crippen LogP contribution in [-0.4, -0.2) is 25.1 Å². The lowest BCUT2D eigenvalue weighted by Gasteiger charge is -2.16. The highest BCUT2D eigenvalue weighted by Gasteiger charge is 2.12. The standard InChI is InChI=1S/C16H25ClN2O2/c1-4-13(5-2)19-15(20)11-21-16-12(10-18-6-3)8-7-9-14(16)17/h7-9,13,18H,4-6,10-11H2,1-3H3,(H,19,20). The van der Waals surface area contributed by atoms with E-state index in [1.807, 2.05) is 19.1 Å². The summed E-state index contributed by atoms with van der Waals surface area (Å²) in [6.45, 7) is 7.66. The molecule has 1 amide bonds. The third-order valence-electron chi connectivity index (χ3n) is 3.31. The molecule has 2 N–H and O–H groups in total. The predicted octanol–water partition coefficient (Wildman–Crippen LogP) is 3.13. The summed E-state index contributed by atoms with van der Waals surface area (Å²) in [4.78, 5) is 11.9. The van der Waals surface area contributed by atoms with Crippen LogP contribution in [0.3, 0.4) is 0 Å². The zero-order valence-corrected chi connectivity index (χ0v) is 13.8. The van der Waals surface area contributed by atoms with Gasteiger partial charge in [0, 0.05) is 18.2 Å². The first-order valence-corrected chi connectivity index (χ1v) is 7.90. The molecule has 5 heteroatoms. The monoisotopic (exact) mass is 312 g/mol. The lowest BCUT2D eigenvalue weighted by molar-refractivity contribution is -0.123. The number of carbonyl (C=O) groups excluding carboxylic acids is 1. The van der Waals surface area contributed by atoms with Crippen LogP contribution in [0.1, 0.15) is 39.2 Å². The Bertz CT molecular complexity index is 448. The number of ether oxygens (including phenoxy) is 1. The maximum atomic E-state index is 11.9. The van der Waals surface area contributed by atoms with E-state index in [1.165, 1.54) is 0 Å². The summed E-state index contributed by atoms with van der Waals surface area (Å²) in [5.74, 6) is 0.470. The van der Waals surface area contributed by atoms with Crippen molar-refractivity contribution < 1.29 is 9.53 Å². The van der Waals surface area contributed by atoms with Gasteiger partial charge in [0.05, 0.1) is 5.02 Å². The van der Waals surface area contributed by atoms with E-state index in [9.17, 15) is 4.79 Å². The van der Waals surface area contributed by atoms with E-state index in [0.717, 1.165) is 24.9 Å². The molecule has 0 aliphatic heterocycles. The summed E-state index contributed by atoms with van der Waals surface area (Å²) in [5.41, 5.74) is 0.958. The third-order valence-corrected chi connectivity index (χ3v) is 3.61. The molecular weight excluding hydrogens is 288 g/mol. The summed E-state index contributed by atoms with van der Waals surface area (Å²) in [7, 11) is 0. The molecule has 0 heterocycles. The smallest absolute Gasteiger partial charge is 0.258 e. The van der Waals surface area contributed by atoms with Gasteiger partial charge in [-0.1, -0.05) is 44.5 Å². The molecule has 0 spiro atoms. The molecular formula is C16H25ClN2O2. The van der Waals surface area contributed by atoms with Crippen molar-refractivity contribution in [2.75, 3.05) is 13.2 Å². The van der Waals surface area contributed by atoms with Gasteiger partial charge in [0.1, 0.15) is 5.75 Å². The van der Waals surface area contributed by atoms with Gasteiger partial charge in [-0.3, -0.25) is 4.79 Å². The second-order valence-corrected chi connectivity index (χ2v) is 5.29. The molecule has 0 saturated carbocycles. The molecule has 21 heavy (non-hydrogen) atoms. The number of hydrogen-bond acceptors (Lipinski definition) is 3. The molecule has 0 saturated heterocycles. The number of halogens is 1. The minimum Gasteiger partial charge on any atom is -0.482 e. The van der Waals surface area contributed by atoms with E-state index < -0.39 is 0 Å². The number of nitrogens with one attached hydrogen (secondary N) is 2. The first kappa shape index (κ1) is 17.8. The maximum Gasteiger partial charge on any atom is 0.258 e. The van der Waals surface area contributed by atoms with Gasteiger partial charge >= 0.3 is 0 Å². The van der Waals surface area contributed by atoms with Gasteiger partial charge in [0.15, 0.2) is 6.61 Å². The van der Waals surface area contributed by atoms with Crippen LogP contribution in [0, 0.1) is 0 Å². The Kier molecular flexibility index (Phi) is 8.16. The molecule has 4 nitrogen and oxygen atoms in total. The molecule has 0 unspecified atom stereocenters. The van der Waals surface area contributed by atoms with Gasteiger partial charge in [0.25, 0.3) is 5.91 Å². The number of carbonyl (C=O) groups is 1. The maximum absolute atomic E-state index is 11.9. The van der Waals surface area contributed by atoms with Crippen molar-refractivity contribution >= 4 is 17.5 Å². The fourth-order valence-electron chi connectivity index (χ4n) is 2.01. The van der Waals surface area contributed by atoms with Gasteiger partial charge in [0.2, 0.25) is 0 Å².